The lowest BCUT2D eigenvalue weighted by molar-refractivity contribution is -0.917. The Morgan fingerprint density at radius 1 is 0.763 bits per heavy atom. The number of rotatable bonds is 20. The number of benzene rings is 2. The van der Waals surface area contributed by atoms with Crippen molar-refractivity contribution in [3.05, 3.63) is 65.7 Å². The quantitative estimate of drug-likeness (QED) is 0.0989. The van der Waals surface area contributed by atoms with E-state index in [0.29, 0.717) is 4.48 Å². The lowest BCUT2D eigenvalue weighted by atomic mass is 10.0. The van der Waals surface area contributed by atoms with Crippen LogP contribution in [0.2, 0.25) is 0 Å². The minimum Gasteiger partial charge on any atom is -0.487 e. The van der Waals surface area contributed by atoms with E-state index in [1.165, 1.54) is 75.3 Å². The van der Waals surface area contributed by atoms with Crippen LogP contribution >= 0.6 is 0 Å². The average Bonchev–Trinajstić information content (AvgIpc) is 2.92. The molecule has 0 N–H and O–H groups in total. The molecule has 2 atom stereocenters. The van der Waals surface area contributed by atoms with Gasteiger partial charge >= 0.3 is 5.97 Å². The molecule has 2 rings (SSSR count). The molecule has 0 aliphatic heterocycles. The Bertz CT molecular complexity index is 878. The zero-order chi connectivity index (χ0) is 27.6. The van der Waals surface area contributed by atoms with Crippen molar-refractivity contribution in [1.82, 2.24) is 0 Å². The van der Waals surface area contributed by atoms with E-state index in [2.05, 4.69) is 64.3 Å². The van der Waals surface area contributed by atoms with E-state index in [1.807, 2.05) is 25.1 Å². The van der Waals surface area contributed by atoms with Crippen LogP contribution in [-0.2, 0) is 22.5 Å². The Balaban J connectivity index is 1.67. The number of esters is 1. The molecule has 0 heterocycles. The number of ether oxygens (including phenoxy) is 2. The summed E-state index contributed by atoms with van der Waals surface area (Å²) in [5, 5.41) is 0. The predicted octanol–water partition coefficient (Wildman–Crippen LogP) is 8.52. The Morgan fingerprint density at radius 2 is 1.34 bits per heavy atom. The van der Waals surface area contributed by atoms with Crippen LogP contribution in [0.3, 0.4) is 0 Å². The smallest absolute Gasteiger partial charge is 0.364 e. The van der Waals surface area contributed by atoms with Gasteiger partial charge in [0.25, 0.3) is 0 Å². The molecule has 2 aromatic rings. The average molecular weight is 525 g/mol. The van der Waals surface area contributed by atoms with Gasteiger partial charge in [0.1, 0.15) is 25.0 Å². The first kappa shape index (κ1) is 31.9. The predicted molar refractivity (Wildman–Crippen MR) is 159 cm³/mol. The zero-order valence-electron chi connectivity index (χ0n) is 24.9. The summed E-state index contributed by atoms with van der Waals surface area (Å²) in [5.74, 6) is 0.660. The fraction of sp³-hybridized carbons (Fsp3) is 0.618. The molecule has 0 saturated heterocycles. The summed E-state index contributed by atoms with van der Waals surface area (Å²) in [5.41, 5.74) is 2.58. The number of aryl methyl sites for hydroxylation is 1. The number of hydrogen-bond donors (Lipinski definition) is 0. The van der Waals surface area contributed by atoms with Gasteiger partial charge in [-0.05, 0) is 43.9 Å². The van der Waals surface area contributed by atoms with Crippen LogP contribution in [0.15, 0.2) is 54.6 Å². The van der Waals surface area contributed by atoms with Gasteiger partial charge in [-0.25, -0.2) is 4.79 Å². The van der Waals surface area contributed by atoms with Crippen LogP contribution < -0.4 is 4.74 Å². The van der Waals surface area contributed by atoms with Crippen LogP contribution in [-0.4, -0.2) is 43.3 Å². The van der Waals surface area contributed by atoms with Gasteiger partial charge < -0.3 is 14.0 Å². The molecule has 0 radical (unpaired) electrons. The second-order valence-corrected chi connectivity index (χ2v) is 11.5. The van der Waals surface area contributed by atoms with E-state index >= 15 is 0 Å². The zero-order valence-corrected chi connectivity index (χ0v) is 24.9. The summed E-state index contributed by atoms with van der Waals surface area (Å²) in [6, 6.07) is 18.5. The molecule has 0 aliphatic rings. The third kappa shape index (κ3) is 12.5. The molecule has 0 bridgehead atoms. The van der Waals surface area contributed by atoms with Crippen molar-refractivity contribution in [2.24, 2.45) is 0 Å². The Kier molecular flexibility index (Phi) is 15.1. The molecule has 2 aromatic carbocycles. The highest BCUT2D eigenvalue weighted by atomic mass is 16.6. The first-order valence-corrected chi connectivity index (χ1v) is 15.1. The van der Waals surface area contributed by atoms with Crippen molar-refractivity contribution >= 4 is 5.97 Å². The lowest BCUT2D eigenvalue weighted by Gasteiger charge is -2.34. The third-order valence-corrected chi connectivity index (χ3v) is 7.73. The number of quaternary nitrogens is 1. The van der Waals surface area contributed by atoms with Crippen LogP contribution in [0.4, 0.5) is 0 Å². The van der Waals surface area contributed by atoms with Gasteiger partial charge in [-0.2, -0.15) is 0 Å². The standard InChI is InChI=1S/C34H54NO3/c1-6-8-9-10-11-12-13-14-15-17-20-30-23-25-33(26-24-30)38-32(7-2)28-37-34(36)29(3)35(4,5)27-31-21-18-16-19-22-31/h16,18-19,21-26,29,32H,6-15,17,20,27-28H2,1-5H3/q+1. The number of carbonyl (C=O) groups is 1. The van der Waals surface area contributed by atoms with Gasteiger partial charge in [0.2, 0.25) is 0 Å². The topological polar surface area (TPSA) is 35.5 Å². The van der Waals surface area contributed by atoms with Crippen molar-refractivity contribution in [2.75, 3.05) is 20.7 Å². The maximum atomic E-state index is 12.8. The summed E-state index contributed by atoms with van der Waals surface area (Å²) in [6.07, 6.45) is 15.4. The molecule has 38 heavy (non-hydrogen) atoms. The van der Waals surface area contributed by atoms with Gasteiger partial charge in [0, 0.05) is 5.56 Å². The molecule has 2 unspecified atom stereocenters. The summed E-state index contributed by atoms with van der Waals surface area (Å²) in [7, 11) is 4.15. The monoisotopic (exact) mass is 524 g/mol. The fourth-order valence-corrected chi connectivity index (χ4v) is 4.75. The third-order valence-electron chi connectivity index (χ3n) is 7.73. The van der Waals surface area contributed by atoms with Gasteiger partial charge in [-0.1, -0.05) is 114 Å². The van der Waals surface area contributed by atoms with E-state index in [9.17, 15) is 4.79 Å². The van der Waals surface area contributed by atoms with E-state index in [0.717, 1.165) is 25.1 Å². The maximum Gasteiger partial charge on any atom is 0.364 e. The molecule has 0 aromatic heterocycles. The first-order chi connectivity index (χ1) is 18.4. The SMILES string of the molecule is CCCCCCCCCCCCc1ccc(OC(CC)COC(=O)C(C)[N+](C)(C)Cc2ccccc2)cc1. The highest BCUT2D eigenvalue weighted by Gasteiger charge is 2.32. The van der Waals surface area contributed by atoms with E-state index in [1.54, 1.807) is 0 Å². The highest BCUT2D eigenvalue weighted by molar-refractivity contribution is 5.74. The Labute approximate surface area is 233 Å². The normalized spacial score (nSPS) is 13.2. The van der Waals surface area contributed by atoms with Crippen molar-refractivity contribution in [3.8, 4) is 5.75 Å². The van der Waals surface area contributed by atoms with E-state index in [4.69, 9.17) is 9.47 Å². The fourth-order valence-electron chi connectivity index (χ4n) is 4.75. The molecular formula is C34H54NO3+. The summed E-state index contributed by atoms with van der Waals surface area (Å²) in [6.45, 7) is 7.33. The van der Waals surface area contributed by atoms with Crippen molar-refractivity contribution in [1.29, 1.82) is 0 Å². The molecule has 0 saturated carbocycles. The van der Waals surface area contributed by atoms with Crippen molar-refractivity contribution in [2.45, 2.75) is 117 Å². The summed E-state index contributed by atoms with van der Waals surface area (Å²) < 4.78 is 12.4. The van der Waals surface area contributed by atoms with Crippen LogP contribution in [0.5, 0.6) is 5.75 Å². The molecule has 4 heteroatoms. The minimum absolute atomic E-state index is 0.149. The Hall–Kier alpha value is -2.33. The van der Waals surface area contributed by atoms with Crippen LogP contribution in [0, 0.1) is 0 Å². The number of likely N-dealkylation sites (N-methyl/N-ethyl adjacent to an activating group) is 1. The van der Waals surface area contributed by atoms with E-state index < -0.39 is 0 Å². The molecule has 0 fully saturated rings. The summed E-state index contributed by atoms with van der Waals surface area (Å²) in [4.78, 5) is 12.8. The van der Waals surface area contributed by atoms with Crippen LogP contribution in [0.25, 0.3) is 0 Å². The van der Waals surface area contributed by atoms with Crippen molar-refractivity contribution in [3.63, 3.8) is 0 Å². The van der Waals surface area contributed by atoms with Gasteiger partial charge in [-0.3, -0.25) is 0 Å². The second-order valence-electron chi connectivity index (χ2n) is 11.5. The van der Waals surface area contributed by atoms with Crippen molar-refractivity contribution < 1.29 is 18.8 Å². The van der Waals surface area contributed by atoms with Gasteiger partial charge in [0.15, 0.2) is 6.04 Å². The largest absolute Gasteiger partial charge is 0.487 e. The second kappa shape index (κ2) is 18.0. The molecule has 0 aliphatic carbocycles. The van der Waals surface area contributed by atoms with Gasteiger partial charge in [0.05, 0.1) is 14.1 Å². The number of nitrogens with zero attached hydrogens (tertiary/aromatic N) is 1. The molecule has 4 nitrogen and oxygen atoms in total. The molecule has 0 amide bonds. The van der Waals surface area contributed by atoms with Crippen LogP contribution in [0.1, 0.15) is 103 Å². The first-order valence-electron chi connectivity index (χ1n) is 15.1. The number of carbonyl (C=O) groups excluding carboxylic acids is 1. The summed E-state index contributed by atoms with van der Waals surface area (Å²) >= 11 is 0. The number of hydrogen-bond acceptors (Lipinski definition) is 3. The molecular weight excluding hydrogens is 470 g/mol. The highest BCUT2D eigenvalue weighted by Crippen LogP contribution is 2.19. The molecule has 0 spiro atoms. The minimum atomic E-state index is -0.266. The van der Waals surface area contributed by atoms with E-state index in [-0.39, 0.29) is 24.7 Å². The Morgan fingerprint density at radius 3 is 1.92 bits per heavy atom. The lowest BCUT2D eigenvalue weighted by Crippen LogP contribution is -2.51. The maximum absolute atomic E-state index is 12.8. The molecule has 212 valence electrons. The number of unbranched alkanes of at least 4 members (excludes halogenated alkanes) is 9. The van der Waals surface area contributed by atoms with Gasteiger partial charge in [-0.15, -0.1) is 0 Å².